The third-order valence-electron chi connectivity index (χ3n) is 5.16. The Morgan fingerprint density at radius 3 is 2.67 bits per heavy atom. The maximum Gasteiger partial charge on any atom is 0.308 e. The molecule has 0 N–H and O–H groups in total. The minimum Gasteiger partial charge on any atom is -0.469 e. The van der Waals surface area contributed by atoms with Crippen LogP contribution < -0.4 is 0 Å². The van der Waals surface area contributed by atoms with Gasteiger partial charge in [0.05, 0.1) is 13.0 Å². The van der Waals surface area contributed by atoms with Crippen LogP contribution in [0.5, 0.6) is 0 Å². The van der Waals surface area contributed by atoms with E-state index in [1.807, 2.05) is 32.0 Å². The highest BCUT2D eigenvalue weighted by atomic mass is 19.1. The summed E-state index contributed by atoms with van der Waals surface area (Å²) in [6, 6.07) is 10.2. The Hall–Kier alpha value is -1.68. The van der Waals surface area contributed by atoms with Crippen molar-refractivity contribution < 1.29 is 13.9 Å². The molecule has 0 aromatic heterocycles. The summed E-state index contributed by atoms with van der Waals surface area (Å²) in [5.74, 6) is -1.45. The highest BCUT2D eigenvalue weighted by Gasteiger charge is 2.50. The molecular weight excluding hydrogens is 305 g/mol. The number of allylic oxidation sites excluding steroid dienone is 2. The van der Waals surface area contributed by atoms with Crippen LogP contribution in [0.15, 0.2) is 42.5 Å². The van der Waals surface area contributed by atoms with E-state index in [0.29, 0.717) is 13.1 Å². The molecule has 132 valence electrons. The lowest BCUT2D eigenvalue weighted by molar-refractivity contribution is -0.152. The van der Waals surface area contributed by atoms with Gasteiger partial charge in [-0.05, 0) is 12.5 Å². The van der Waals surface area contributed by atoms with E-state index in [4.69, 9.17) is 4.74 Å². The molecule has 1 heterocycles. The van der Waals surface area contributed by atoms with Crippen molar-refractivity contribution in [1.82, 2.24) is 4.90 Å². The van der Waals surface area contributed by atoms with Crippen molar-refractivity contribution in [2.75, 3.05) is 20.2 Å². The number of rotatable bonds is 5. The number of methoxy groups -OCH3 is 1. The first-order valence-corrected chi connectivity index (χ1v) is 8.59. The molecule has 4 unspecified atom stereocenters. The van der Waals surface area contributed by atoms with Crippen LogP contribution in [-0.2, 0) is 16.1 Å². The molecule has 4 atom stereocenters. The summed E-state index contributed by atoms with van der Waals surface area (Å²) in [6.07, 6.45) is 3.38. The Balaban J connectivity index is 2.25. The van der Waals surface area contributed by atoms with Gasteiger partial charge in [0.15, 0.2) is 0 Å². The molecule has 1 saturated heterocycles. The van der Waals surface area contributed by atoms with Gasteiger partial charge < -0.3 is 4.74 Å². The average Bonchev–Trinajstić information content (AvgIpc) is 2.58. The summed E-state index contributed by atoms with van der Waals surface area (Å²) in [4.78, 5) is 14.3. The monoisotopic (exact) mass is 333 g/mol. The van der Waals surface area contributed by atoms with Gasteiger partial charge in [-0.1, -0.05) is 56.3 Å². The van der Waals surface area contributed by atoms with Crippen molar-refractivity contribution >= 4 is 5.97 Å². The highest BCUT2D eigenvalue weighted by molar-refractivity contribution is 5.72. The fraction of sp³-hybridized carbons (Fsp3) is 0.550. The van der Waals surface area contributed by atoms with E-state index in [2.05, 4.69) is 17.0 Å². The Kier molecular flexibility index (Phi) is 6.16. The average molecular weight is 333 g/mol. The highest BCUT2D eigenvalue weighted by Crippen LogP contribution is 2.42. The molecule has 0 bridgehead atoms. The van der Waals surface area contributed by atoms with E-state index < -0.39 is 17.5 Å². The molecule has 0 spiro atoms. The van der Waals surface area contributed by atoms with Gasteiger partial charge in [0.1, 0.15) is 5.67 Å². The maximum atomic E-state index is 15.8. The number of nitrogens with zero attached hydrogens (tertiary/aromatic N) is 1. The summed E-state index contributed by atoms with van der Waals surface area (Å²) in [5.41, 5.74) is -0.290. The molecule has 1 fully saturated rings. The molecule has 0 saturated carbocycles. The van der Waals surface area contributed by atoms with Crippen LogP contribution >= 0.6 is 0 Å². The van der Waals surface area contributed by atoms with E-state index in [0.717, 1.165) is 6.54 Å². The number of carbonyl (C=O) groups excluding carboxylic acids is 1. The third kappa shape index (κ3) is 3.86. The standard InChI is InChI=1S/C20H28FNO2/c1-5-11-20(21)15(2)12-22(13-17-9-7-6-8-10-17)14-18(20)16(3)19(23)24-4/h5-11,15-16,18H,12-14H2,1-4H3/b11-5+. The summed E-state index contributed by atoms with van der Waals surface area (Å²) < 4.78 is 20.6. The van der Waals surface area contributed by atoms with E-state index >= 15 is 4.39 Å². The number of alkyl halides is 1. The molecule has 0 amide bonds. The molecule has 1 aromatic carbocycles. The lowest BCUT2D eigenvalue weighted by atomic mass is 9.70. The summed E-state index contributed by atoms with van der Waals surface area (Å²) >= 11 is 0. The summed E-state index contributed by atoms with van der Waals surface area (Å²) in [6.45, 7) is 7.49. The zero-order valence-electron chi connectivity index (χ0n) is 15.0. The van der Waals surface area contributed by atoms with Gasteiger partial charge in [0.25, 0.3) is 0 Å². The fourth-order valence-corrected chi connectivity index (χ4v) is 3.79. The van der Waals surface area contributed by atoms with E-state index in [-0.39, 0.29) is 11.9 Å². The molecular formula is C20H28FNO2. The summed E-state index contributed by atoms with van der Waals surface area (Å²) in [7, 11) is 1.36. The van der Waals surface area contributed by atoms with Crippen molar-refractivity contribution in [2.45, 2.75) is 33.0 Å². The topological polar surface area (TPSA) is 29.5 Å². The molecule has 0 radical (unpaired) electrons. The Morgan fingerprint density at radius 1 is 1.42 bits per heavy atom. The number of likely N-dealkylation sites (tertiary alicyclic amines) is 1. The van der Waals surface area contributed by atoms with Crippen LogP contribution in [0.1, 0.15) is 26.3 Å². The Labute approximate surface area is 144 Å². The van der Waals surface area contributed by atoms with Crippen molar-refractivity contribution in [3.05, 3.63) is 48.0 Å². The number of carbonyl (C=O) groups is 1. The second-order valence-corrected chi connectivity index (χ2v) is 6.83. The zero-order valence-corrected chi connectivity index (χ0v) is 15.0. The second kappa shape index (κ2) is 7.93. The Bertz CT molecular complexity index is 574. The molecule has 3 nitrogen and oxygen atoms in total. The lowest BCUT2D eigenvalue weighted by Gasteiger charge is -2.47. The minimum atomic E-state index is -1.49. The quantitative estimate of drug-likeness (QED) is 0.605. The SMILES string of the molecule is C/C=C/C1(F)C(C)CN(Cc2ccccc2)CC1C(C)C(=O)OC. The van der Waals surface area contributed by atoms with Gasteiger partial charge in [-0.3, -0.25) is 9.69 Å². The van der Waals surface area contributed by atoms with Crippen molar-refractivity contribution in [1.29, 1.82) is 0 Å². The molecule has 1 aromatic rings. The Morgan fingerprint density at radius 2 is 2.08 bits per heavy atom. The third-order valence-corrected chi connectivity index (χ3v) is 5.16. The van der Waals surface area contributed by atoms with Gasteiger partial charge in [-0.25, -0.2) is 4.39 Å². The normalized spacial score (nSPS) is 29.5. The molecule has 1 aliphatic heterocycles. The number of hydrogen-bond acceptors (Lipinski definition) is 3. The predicted octanol–water partition coefficient (Wildman–Crippen LogP) is 3.85. The number of halogens is 1. The number of ether oxygens (including phenoxy) is 1. The number of hydrogen-bond donors (Lipinski definition) is 0. The zero-order chi connectivity index (χ0) is 17.7. The van der Waals surface area contributed by atoms with Gasteiger partial charge in [0.2, 0.25) is 0 Å². The maximum absolute atomic E-state index is 15.8. The first kappa shape index (κ1) is 18.7. The van der Waals surface area contributed by atoms with Crippen LogP contribution in [0.2, 0.25) is 0 Å². The number of benzene rings is 1. The molecule has 4 heteroatoms. The van der Waals surface area contributed by atoms with Crippen molar-refractivity contribution in [3.63, 3.8) is 0 Å². The van der Waals surface area contributed by atoms with Gasteiger partial charge in [-0.2, -0.15) is 0 Å². The largest absolute Gasteiger partial charge is 0.469 e. The lowest BCUT2D eigenvalue weighted by Crippen LogP contribution is -2.56. The summed E-state index contributed by atoms with van der Waals surface area (Å²) in [5, 5.41) is 0. The van der Waals surface area contributed by atoms with E-state index in [1.54, 1.807) is 19.1 Å². The van der Waals surface area contributed by atoms with Gasteiger partial charge in [0, 0.05) is 31.5 Å². The first-order chi connectivity index (χ1) is 11.4. The fourth-order valence-electron chi connectivity index (χ4n) is 3.79. The molecule has 24 heavy (non-hydrogen) atoms. The minimum absolute atomic E-state index is 0.191. The predicted molar refractivity (Wildman–Crippen MR) is 94.2 cm³/mol. The second-order valence-electron chi connectivity index (χ2n) is 6.83. The van der Waals surface area contributed by atoms with Crippen LogP contribution in [0.4, 0.5) is 4.39 Å². The van der Waals surface area contributed by atoms with E-state index in [9.17, 15) is 4.79 Å². The van der Waals surface area contributed by atoms with Gasteiger partial charge >= 0.3 is 5.97 Å². The first-order valence-electron chi connectivity index (χ1n) is 8.59. The van der Waals surface area contributed by atoms with Crippen molar-refractivity contribution in [2.24, 2.45) is 17.8 Å². The van der Waals surface area contributed by atoms with E-state index in [1.165, 1.54) is 12.7 Å². The molecule has 1 aliphatic rings. The number of esters is 1. The van der Waals surface area contributed by atoms with Crippen LogP contribution in [-0.4, -0.2) is 36.7 Å². The molecule has 2 rings (SSSR count). The van der Waals surface area contributed by atoms with Crippen LogP contribution in [0, 0.1) is 17.8 Å². The van der Waals surface area contributed by atoms with Gasteiger partial charge in [-0.15, -0.1) is 0 Å². The van der Waals surface area contributed by atoms with Crippen LogP contribution in [0.3, 0.4) is 0 Å². The van der Waals surface area contributed by atoms with Crippen LogP contribution in [0.25, 0.3) is 0 Å². The number of piperidine rings is 1. The molecule has 0 aliphatic carbocycles. The van der Waals surface area contributed by atoms with Crippen molar-refractivity contribution in [3.8, 4) is 0 Å². The smallest absolute Gasteiger partial charge is 0.308 e.